The highest BCUT2D eigenvalue weighted by atomic mass is 16.2. The second-order valence-corrected chi connectivity index (χ2v) is 5.20. The summed E-state index contributed by atoms with van der Waals surface area (Å²) in [6, 6.07) is 9.44. The number of rotatable bonds is 4. The number of pyridine rings is 1. The molecule has 1 aromatic heterocycles. The van der Waals surface area contributed by atoms with E-state index in [4.69, 9.17) is 5.73 Å². The Morgan fingerprint density at radius 2 is 2.18 bits per heavy atom. The van der Waals surface area contributed by atoms with E-state index < -0.39 is 5.91 Å². The van der Waals surface area contributed by atoms with Gasteiger partial charge in [-0.05, 0) is 17.7 Å². The minimum Gasteiger partial charge on any atom is -0.384 e. The van der Waals surface area contributed by atoms with Gasteiger partial charge in [0.15, 0.2) is 0 Å². The molecule has 2 aromatic rings. The third-order valence-electron chi connectivity index (χ3n) is 3.73. The summed E-state index contributed by atoms with van der Waals surface area (Å²) in [6.45, 7) is 0.536. The number of hydrogen-bond acceptors (Lipinski definition) is 4. The van der Waals surface area contributed by atoms with Crippen LogP contribution in [0.15, 0.2) is 42.7 Å². The first kappa shape index (κ1) is 14.1. The van der Waals surface area contributed by atoms with E-state index in [2.05, 4.69) is 15.6 Å². The predicted molar refractivity (Wildman–Crippen MR) is 83.7 cm³/mol. The molecule has 3 rings (SSSR count). The van der Waals surface area contributed by atoms with Crippen molar-refractivity contribution in [3.05, 3.63) is 53.9 Å². The molecule has 0 radical (unpaired) electrons. The van der Waals surface area contributed by atoms with Crippen LogP contribution in [-0.4, -0.2) is 23.3 Å². The Bertz CT molecular complexity index is 730. The number of fused-ring (bicyclic) bond motifs is 1. The van der Waals surface area contributed by atoms with Crippen molar-refractivity contribution >= 4 is 23.2 Å². The molecule has 1 unspecified atom stereocenters. The maximum atomic E-state index is 11.8. The number of nitrogens with one attached hydrogen (secondary N) is 2. The van der Waals surface area contributed by atoms with Gasteiger partial charge in [-0.1, -0.05) is 18.2 Å². The highest BCUT2D eigenvalue weighted by Crippen LogP contribution is 2.32. The van der Waals surface area contributed by atoms with Crippen molar-refractivity contribution < 1.29 is 9.59 Å². The third kappa shape index (κ3) is 2.76. The molecule has 0 saturated carbocycles. The van der Waals surface area contributed by atoms with Crippen LogP contribution >= 0.6 is 0 Å². The topological polar surface area (TPSA) is 97.1 Å². The molecule has 22 heavy (non-hydrogen) atoms. The van der Waals surface area contributed by atoms with E-state index in [0.29, 0.717) is 24.2 Å². The molecule has 0 bridgehead atoms. The fourth-order valence-corrected chi connectivity index (χ4v) is 2.66. The van der Waals surface area contributed by atoms with Gasteiger partial charge >= 0.3 is 0 Å². The average molecular weight is 296 g/mol. The van der Waals surface area contributed by atoms with Gasteiger partial charge in [-0.15, -0.1) is 0 Å². The van der Waals surface area contributed by atoms with Gasteiger partial charge in [0, 0.05) is 37.0 Å². The van der Waals surface area contributed by atoms with E-state index in [1.54, 1.807) is 12.3 Å². The predicted octanol–water partition coefficient (Wildman–Crippen LogP) is 1.72. The second-order valence-electron chi connectivity index (χ2n) is 5.20. The zero-order valence-corrected chi connectivity index (χ0v) is 11.9. The Labute approximate surface area is 127 Å². The van der Waals surface area contributed by atoms with Crippen molar-refractivity contribution in [3.63, 3.8) is 0 Å². The minimum atomic E-state index is -0.530. The van der Waals surface area contributed by atoms with Gasteiger partial charge in [0.1, 0.15) is 0 Å². The van der Waals surface area contributed by atoms with Crippen LogP contribution in [0.3, 0.4) is 0 Å². The summed E-state index contributed by atoms with van der Waals surface area (Å²) in [5.74, 6) is -0.494. The van der Waals surface area contributed by atoms with E-state index in [1.807, 2.05) is 24.3 Å². The molecule has 1 aliphatic heterocycles. The highest BCUT2D eigenvalue weighted by molar-refractivity contribution is 5.98. The number of anilines is 2. The Morgan fingerprint density at radius 1 is 1.36 bits per heavy atom. The van der Waals surface area contributed by atoms with Crippen LogP contribution in [0.25, 0.3) is 0 Å². The molecule has 1 atom stereocenters. The maximum Gasteiger partial charge on any atom is 0.252 e. The summed E-state index contributed by atoms with van der Waals surface area (Å²) >= 11 is 0. The third-order valence-corrected chi connectivity index (χ3v) is 3.73. The number of amides is 2. The largest absolute Gasteiger partial charge is 0.384 e. The molecule has 2 heterocycles. The quantitative estimate of drug-likeness (QED) is 0.800. The molecule has 2 amide bonds. The Hall–Kier alpha value is -2.89. The molecule has 1 aromatic carbocycles. The number of hydrogen-bond donors (Lipinski definition) is 3. The van der Waals surface area contributed by atoms with Crippen LogP contribution < -0.4 is 16.4 Å². The van der Waals surface area contributed by atoms with E-state index in [9.17, 15) is 9.59 Å². The van der Waals surface area contributed by atoms with Crippen LogP contribution in [0.5, 0.6) is 0 Å². The van der Waals surface area contributed by atoms with E-state index >= 15 is 0 Å². The zero-order valence-electron chi connectivity index (χ0n) is 11.9. The summed E-state index contributed by atoms with van der Waals surface area (Å²) in [6.07, 6.45) is 3.43. The molecule has 4 N–H and O–H groups in total. The minimum absolute atomic E-state index is 0.00430. The van der Waals surface area contributed by atoms with Crippen molar-refractivity contribution in [1.29, 1.82) is 0 Å². The SMILES string of the molecule is NC(=O)c1cnccc1NCC1CC(=O)Nc2ccccc21. The lowest BCUT2D eigenvalue weighted by molar-refractivity contribution is -0.116. The first-order chi connectivity index (χ1) is 10.6. The fourth-order valence-electron chi connectivity index (χ4n) is 2.66. The lowest BCUT2D eigenvalue weighted by atomic mass is 9.90. The Kier molecular flexibility index (Phi) is 3.74. The number of benzene rings is 1. The molecular formula is C16H16N4O2. The van der Waals surface area contributed by atoms with Gasteiger partial charge in [0.25, 0.3) is 5.91 Å². The Balaban J connectivity index is 1.80. The normalized spacial score (nSPS) is 16.5. The summed E-state index contributed by atoms with van der Waals surface area (Å²) in [4.78, 5) is 27.1. The first-order valence-electron chi connectivity index (χ1n) is 7.01. The lowest BCUT2D eigenvalue weighted by Crippen LogP contribution is -2.27. The van der Waals surface area contributed by atoms with Crippen LogP contribution in [-0.2, 0) is 4.79 Å². The van der Waals surface area contributed by atoms with Crippen LogP contribution in [0, 0.1) is 0 Å². The molecule has 0 spiro atoms. The summed E-state index contributed by atoms with van der Waals surface area (Å²) in [7, 11) is 0. The van der Waals surface area contributed by atoms with Crippen molar-refractivity contribution in [1.82, 2.24) is 4.98 Å². The molecular weight excluding hydrogens is 280 g/mol. The monoisotopic (exact) mass is 296 g/mol. The van der Waals surface area contributed by atoms with Crippen molar-refractivity contribution in [2.24, 2.45) is 5.73 Å². The number of aromatic nitrogens is 1. The maximum absolute atomic E-state index is 11.8. The van der Waals surface area contributed by atoms with Crippen molar-refractivity contribution in [3.8, 4) is 0 Å². The summed E-state index contributed by atoms with van der Waals surface area (Å²) < 4.78 is 0. The number of primary amides is 1. The van der Waals surface area contributed by atoms with E-state index in [-0.39, 0.29) is 11.8 Å². The molecule has 6 heteroatoms. The van der Waals surface area contributed by atoms with Gasteiger partial charge in [-0.3, -0.25) is 14.6 Å². The number of nitrogens with zero attached hydrogens (tertiary/aromatic N) is 1. The molecule has 0 aliphatic carbocycles. The number of carbonyl (C=O) groups excluding carboxylic acids is 2. The Morgan fingerprint density at radius 3 is 3.00 bits per heavy atom. The van der Waals surface area contributed by atoms with Gasteiger partial charge in [0.2, 0.25) is 5.91 Å². The standard InChI is InChI=1S/C16H16N4O2/c17-16(22)12-9-18-6-5-13(12)19-8-10-7-15(21)20-14-4-2-1-3-11(10)14/h1-6,9-10H,7-8H2,(H2,17,22)(H,18,19)(H,20,21). The van der Waals surface area contributed by atoms with E-state index in [1.165, 1.54) is 6.20 Å². The van der Waals surface area contributed by atoms with Crippen molar-refractivity contribution in [2.75, 3.05) is 17.2 Å². The lowest BCUT2D eigenvalue weighted by Gasteiger charge is -2.26. The summed E-state index contributed by atoms with van der Waals surface area (Å²) in [5, 5.41) is 6.07. The second kappa shape index (κ2) is 5.85. The smallest absolute Gasteiger partial charge is 0.252 e. The molecule has 0 fully saturated rings. The molecule has 1 aliphatic rings. The molecule has 0 saturated heterocycles. The number of carbonyl (C=O) groups is 2. The number of para-hydroxylation sites is 1. The molecule has 6 nitrogen and oxygen atoms in total. The van der Waals surface area contributed by atoms with Gasteiger partial charge in [0.05, 0.1) is 11.3 Å². The van der Waals surface area contributed by atoms with Gasteiger partial charge < -0.3 is 16.4 Å². The zero-order chi connectivity index (χ0) is 15.5. The van der Waals surface area contributed by atoms with Gasteiger partial charge in [-0.2, -0.15) is 0 Å². The number of nitrogens with two attached hydrogens (primary N) is 1. The molecule has 112 valence electrons. The van der Waals surface area contributed by atoms with Crippen LogP contribution in [0.4, 0.5) is 11.4 Å². The summed E-state index contributed by atoms with van der Waals surface area (Å²) in [5.41, 5.74) is 8.24. The average Bonchev–Trinajstić information content (AvgIpc) is 2.52. The van der Waals surface area contributed by atoms with Crippen molar-refractivity contribution in [2.45, 2.75) is 12.3 Å². The van der Waals surface area contributed by atoms with Crippen LogP contribution in [0.2, 0.25) is 0 Å². The highest BCUT2D eigenvalue weighted by Gasteiger charge is 2.24. The van der Waals surface area contributed by atoms with Gasteiger partial charge in [-0.25, -0.2) is 0 Å². The van der Waals surface area contributed by atoms with Crippen LogP contribution in [0.1, 0.15) is 28.3 Å². The van der Waals surface area contributed by atoms with E-state index in [0.717, 1.165) is 11.3 Å². The first-order valence-corrected chi connectivity index (χ1v) is 7.01. The fraction of sp³-hybridized carbons (Fsp3) is 0.188.